The van der Waals surface area contributed by atoms with Crippen molar-refractivity contribution in [1.82, 2.24) is 0 Å². The molecular weight excluding hydrogens is 266 g/mol. The van der Waals surface area contributed by atoms with Gasteiger partial charge in [-0.15, -0.1) is 0 Å². The number of carbonyl (C=O) groups is 1. The molecule has 0 aliphatic heterocycles. The number of Topliss-reactive ketones (excluding diaryl/α,β-unsaturated/α-hetero) is 1. The fourth-order valence-electron chi connectivity index (χ4n) is 1.75. The van der Waals surface area contributed by atoms with Crippen LogP contribution in [-0.4, -0.2) is 12.3 Å². The fourth-order valence-corrected chi connectivity index (χ4v) is 2.20. The van der Waals surface area contributed by atoms with E-state index in [1.807, 2.05) is 24.3 Å². The van der Waals surface area contributed by atoms with Crippen molar-refractivity contribution < 1.29 is 4.79 Å². The Morgan fingerprint density at radius 2 is 2.25 bits per heavy atom. The van der Waals surface area contributed by atoms with Gasteiger partial charge < -0.3 is 5.73 Å². The zero-order valence-corrected chi connectivity index (χ0v) is 11.2. The van der Waals surface area contributed by atoms with Crippen LogP contribution in [0.5, 0.6) is 0 Å². The van der Waals surface area contributed by atoms with Crippen molar-refractivity contribution in [3.05, 3.63) is 34.3 Å². The van der Waals surface area contributed by atoms with Gasteiger partial charge in [-0.2, -0.15) is 0 Å². The van der Waals surface area contributed by atoms with E-state index in [0.717, 1.165) is 22.9 Å². The quantitative estimate of drug-likeness (QED) is 0.872. The molecule has 0 bridgehead atoms. The molecule has 2 N–H and O–H groups in total. The third-order valence-corrected chi connectivity index (χ3v) is 3.14. The Kier molecular flexibility index (Phi) is 5.71. The summed E-state index contributed by atoms with van der Waals surface area (Å²) in [6, 6.07) is 7.87. The molecule has 0 aromatic heterocycles. The summed E-state index contributed by atoms with van der Waals surface area (Å²) in [5.41, 5.74) is 6.66. The van der Waals surface area contributed by atoms with E-state index in [1.54, 1.807) is 0 Å². The average Bonchev–Trinajstić information content (AvgIpc) is 2.25. The molecule has 0 amide bonds. The van der Waals surface area contributed by atoms with Crippen LogP contribution in [0.3, 0.4) is 0 Å². The second-order valence-corrected chi connectivity index (χ2v) is 4.91. The molecule has 1 aromatic rings. The van der Waals surface area contributed by atoms with E-state index < -0.39 is 0 Å². The first-order valence-corrected chi connectivity index (χ1v) is 6.44. The van der Waals surface area contributed by atoms with Crippen LogP contribution >= 0.6 is 15.9 Å². The van der Waals surface area contributed by atoms with Crippen LogP contribution < -0.4 is 5.73 Å². The second-order valence-electron chi connectivity index (χ2n) is 3.99. The van der Waals surface area contributed by atoms with Gasteiger partial charge in [-0.1, -0.05) is 41.4 Å². The van der Waals surface area contributed by atoms with Gasteiger partial charge in [0.15, 0.2) is 0 Å². The summed E-state index contributed by atoms with van der Waals surface area (Å²) in [5.74, 6) is 0.270. The molecule has 0 saturated carbocycles. The Hall–Kier alpha value is -0.670. The summed E-state index contributed by atoms with van der Waals surface area (Å²) in [6.45, 7) is 2.54. The third kappa shape index (κ3) is 4.06. The number of benzene rings is 1. The zero-order chi connectivity index (χ0) is 12.0. The van der Waals surface area contributed by atoms with Crippen molar-refractivity contribution in [1.29, 1.82) is 0 Å². The van der Waals surface area contributed by atoms with Gasteiger partial charge in [0.05, 0.1) is 0 Å². The predicted octanol–water partition coefficient (Wildman–Crippen LogP) is 2.94. The van der Waals surface area contributed by atoms with Gasteiger partial charge in [-0.3, -0.25) is 4.79 Å². The first-order chi connectivity index (χ1) is 7.67. The predicted molar refractivity (Wildman–Crippen MR) is 70.3 cm³/mol. The number of ketones is 1. The van der Waals surface area contributed by atoms with Gasteiger partial charge in [-0.05, 0) is 24.1 Å². The Labute approximate surface area is 105 Å². The number of halogens is 1. The van der Waals surface area contributed by atoms with Gasteiger partial charge >= 0.3 is 0 Å². The molecule has 0 saturated heterocycles. The van der Waals surface area contributed by atoms with Crippen LogP contribution in [0.4, 0.5) is 0 Å². The topological polar surface area (TPSA) is 43.1 Å². The van der Waals surface area contributed by atoms with Crippen LogP contribution in [0.15, 0.2) is 28.7 Å². The SMILES string of the molecule is CCCC(CN)C(=O)Cc1cccc(Br)c1. The van der Waals surface area contributed by atoms with Crippen molar-refractivity contribution in [2.24, 2.45) is 11.7 Å². The Balaban J connectivity index is 2.62. The van der Waals surface area contributed by atoms with Crippen LogP contribution in [0.1, 0.15) is 25.3 Å². The van der Waals surface area contributed by atoms with Gasteiger partial charge in [0, 0.05) is 23.4 Å². The zero-order valence-electron chi connectivity index (χ0n) is 9.58. The highest BCUT2D eigenvalue weighted by molar-refractivity contribution is 9.10. The summed E-state index contributed by atoms with van der Waals surface area (Å²) in [4.78, 5) is 11.9. The van der Waals surface area contributed by atoms with Crippen molar-refractivity contribution in [2.45, 2.75) is 26.2 Å². The number of rotatable bonds is 6. The highest BCUT2D eigenvalue weighted by Gasteiger charge is 2.15. The molecule has 0 radical (unpaired) electrons. The molecule has 3 heteroatoms. The normalized spacial score (nSPS) is 12.4. The van der Waals surface area contributed by atoms with E-state index in [-0.39, 0.29) is 11.7 Å². The smallest absolute Gasteiger partial charge is 0.141 e. The third-order valence-electron chi connectivity index (χ3n) is 2.64. The minimum atomic E-state index is 0.0176. The van der Waals surface area contributed by atoms with Gasteiger partial charge in [0.25, 0.3) is 0 Å². The summed E-state index contributed by atoms with van der Waals surface area (Å²) < 4.78 is 1.01. The number of nitrogens with two attached hydrogens (primary N) is 1. The summed E-state index contributed by atoms with van der Waals surface area (Å²) in [5, 5.41) is 0. The molecule has 1 unspecified atom stereocenters. The van der Waals surface area contributed by atoms with E-state index in [4.69, 9.17) is 5.73 Å². The van der Waals surface area contributed by atoms with E-state index >= 15 is 0 Å². The molecule has 88 valence electrons. The number of carbonyl (C=O) groups excluding carboxylic acids is 1. The molecule has 0 aliphatic rings. The first kappa shape index (κ1) is 13.4. The molecule has 0 spiro atoms. The van der Waals surface area contributed by atoms with Gasteiger partial charge in [-0.25, -0.2) is 0 Å². The van der Waals surface area contributed by atoms with Crippen molar-refractivity contribution in [3.63, 3.8) is 0 Å². The van der Waals surface area contributed by atoms with Crippen LogP contribution in [0.25, 0.3) is 0 Å². The minimum absolute atomic E-state index is 0.0176. The van der Waals surface area contributed by atoms with Crippen molar-refractivity contribution in [3.8, 4) is 0 Å². The maximum Gasteiger partial charge on any atom is 0.141 e. The fraction of sp³-hybridized carbons (Fsp3) is 0.462. The Morgan fingerprint density at radius 1 is 1.50 bits per heavy atom. The van der Waals surface area contributed by atoms with E-state index in [2.05, 4.69) is 22.9 Å². The number of hydrogen-bond donors (Lipinski definition) is 1. The molecule has 0 fully saturated rings. The maximum atomic E-state index is 11.9. The lowest BCUT2D eigenvalue weighted by molar-refractivity contribution is -0.122. The van der Waals surface area contributed by atoms with Crippen LogP contribution in [0, 0.1) is 5.92 Å². The van der Waals surface area contributed by atoms with Gasteiger partial charge in [0.1, 0.15) is 5.78 Å². The first-order valence-electron chi connectivity index (χ1n) is 5.64. The van der Waals surface area contributed by atoms with Gasteiger partial charge in [0.2, 0.25) is 0 Å². The van der Waals surface area contributed by atoms with Crippen molar-refractivity contribution >= 4 is 21.7 Å². The van der Waals surface area contributed by atoms with Crippen molar-refractivity contribution in [2.75, 3.05) is 6.54 Å². The molecule has 16 heavy (non-hydrogen) atoms. The Bertz CT molecular complexity index is 352. The van der Waals surface area contributed by atoms with E-state index in [0.29, 0.717) is 13.0 Å². The van der Waals surface area contributed by atoms with E-state index in [9.17, 15) is 4.79 Å². The highest BCUT2D eigenvalue weighted by atomic mass is 79.9. The molecule has 1 atom stereocenters. The molecule has 1 aromatic carbocycles. The maximum absolute atomic E-state index is 11.9. The molecule has 1 rings (SSSR count). The minimum Gasteiger partial charge on any atom is -0.330 e. The standard InChI is InChI=1S/C13H18BrNO/c1-2-4-11(9-15)13(16)8-10-5-3-6-12(14)7-10/h3,5-7,11H,2,4,8-9,15H2,1H3. The molecular formula is C13H18BrNO. The molecule has 2 nitrogen and oxygen atoms in total. The lowest BCUT2D eigenvalue weighted by atomic mass is 9.94. The van der Waals surface area contributed by atoms with Crippen LogP contribution in [0.2, 0.25) is 0 Å². The lowest BCUT2D eigenvalue weighted by Crippen LogP contribution is -2.25. The number of hydrogen-bond acceptors (Lipinski definition) is 2. The monoisotopic (exact) mass is 283 g/mol. The Morgan fingerprint density at radius 3 is 2.81 bits per heavy atom. The molecule has 0 heterocycles. The summed E-state index contributed by atoms with van der Waals surface area (Å²) in [6.07, 6.45) is 2.39. The van der Waals surface area contributed by atoms with Crippen LogP contribution in [-0.2, 0) is 11.2 Å². The second kappa shape index (κ2) is 6.81. The van der Waals surface area contributed by atoms with E-state index in [1.165, 1.54) is 0 Å². The lowest BCUT2D eigenvalue weighted by Gasteiger charge is -2.12. The summed E-state index contributed by atoms with van der Waals surface area (Å²) in [7, 11) is 0. The average molecular weight is 284 g/mol. The largest absolute Gasteiger partial charge is 0.330 e. The molecule has 0 aliphatic carbocycles. The summed E-state index contributed by atoms with van der Waals surface area (Å²) >= 11 is 3.40. The highest BCUT2D eigenvalue weighted by Crippen LogP contribution is 2.15.